The molecule has 0 aliphatic carbocycles. The van der Waals surface area contributed by atoms with Gasteiger partial charge < -0.3 is 0 Å². The van der Waals surface area contributed by atoms with Gasteiger partial charge in [0.05, 0.1) is 4.83 Å². The first-order valence-corrected chi connectivity index (χ1v) is 6.52. The lowest BCUT2D eigenvalue weighted by Gasteiger charge is -2.07. The third-order valence-corrected chi connectivity index (χ3v) is 3.42. The van der Waals surface area contributed by atoms with E-state index in [9.17, 15) is 4.79 Å². The largest absolute Gasteiger partial charge is 0.293 e. The molecule has 0 aliphatic heterocycles. The molecular formula is C11H12BrIO. The molecule has 0 aromatic heterocycles. The highest BCUT2D eigenvalue weighted by molar-refractivity contribution is 14.1. The van der Waals surface area contributed by atoms with E-state index in [1.54, 1.807) is 0 Å². The van der Waals surface area contributed by atoms with Crippen molar-refractivity contribution in [3.63, 3.8) is 0 Å². The van der Waals surface area contributed by atoms with Crippen molar-refractivity contribution in [2.75, 3.05) is 0 Å². The van der Waals surface area contributed by atoms with Gasteiger partial charge in [0, 0.05) is 9.13 Å². The molecule has 0 amide bonds. The molecule has 0 radical (unpaired) electrons. The van der Waals surface area contributed by atoms with Crippen LogP contribution < -0.4 is 0 Å². The van der Waals surface area contributed by atoms with Crippen molar-refractivity contribution in [3.05, 3.63) is 32.9 Å². The van der Waals surface area contributed by atoms with E-state index in [0.29, 0.717) is 0 Å². The number of carbonyl (C=O) groups is 1. The van der Waals surface area contributed by atoms with E-state index >= 15 is 0 Å². The number of Topliss-reactive ketones (excluding diaryl/α,β-unsaturated/α-hetero) is 1. The van der Waals surface area contributed by atoms with Crippen LogP contribution in [0.25, 0.3) is 0 Å². The molecule has 1 aromatic rings. The Labute approximate surface area is 107 Å². The topological polar surface area (TPSA) is 17.1 Å². The minimum Gasteiger partial charge on any atom is -0.293 e. The van der Waals surface area contributed by atoms with E-state index in [4.69, 9.17) is 0 Å². The number of ketones is 1. The summed E-state index contributed by atoms with van der Waals surface area (Å²) in [5, 5.41) is 0. The fourth-order valence-electron chi connectivity index (χ4n) is 1.20. The molecule has 1 unspecified atom stereocenters. The fourth-order valence-corrected chi connectivity index (χ4v) is 2.04. The molecule has 0 fully saturated rings. The van der Waals surface area contributed by atoms with E-state index in [1.165, 1.54) is 5.56 Å². The summed E-state index contributed by atoms with van der Waals surface area (Å²) in [5.41, 5.74) is 2.04. The van der Waals surface area contributed by atoms with Crippen molar-refractivity contribution in [1.82, 2.24) is 0 Å². The molecule has 3 heteroatoms. The van der Waals surface area contributed by atoms with Crippen molar-refractivity contribution in [3.8, 4) is 0 Å². The van der Waals surface area contributed by atoms with Crippen LogP contribution in [0.5, 0.6) is 0 Å². The highest BCUT2D eigenvalue weighted by Gasteiger charge is 2.14. The predicted molar refractivity (Wildman–Crippen MR) is 71.3 cm³/mol. The Morgan fingerprint density at radius 1 is 1.57 bits per heavy atom. The Hall–Kier alpha value is 0.1000. The third-order valence-electron chi connectivity index (χ3n) is 2.07. The van der Waals surface area contributed by atoms with Crippen LogP contribution in [0.1, 0.15) is 29.8 Å². The molecule has 0 spiro atoms. The summed E-state index contributed by atoms with van der Waals surface area (Å²) in [4.78, 5) is 11.7. The maximum atomic E-state index is 11.8. The molecule has 0 N–H and O–H groups in total. The summed E-state index contributed by atoms with van der Waals surface area (Å²) in [6.07, 6.45) is 0.966. The van der Waals surface area contributed by atoms with Crippen LogP contribution in [0.3, 0.4) is 0 Å². The van der Waals surface area contributed by atoms with Gasteiger partial charge in [-0.1, -0.05) is 28.9 Å². The summed E-state index contributed by atoms with van der Waals surface area (Å²) < 4.78 is 1.02. The number of alkyl halides is 1. The smallest absolute Gasteiger partial charge is 0.177 e. The molecule has 0 aliphatic rings. The van der Waals surface area contributed by atoms with Crippen molar-refractivity contribution < 1.29 is 4.79 Å². The van der Waals surface area contributed by atoms with Crippen LogP contribution >= 0.6 is 38.5 Å². The highest BCUT2D eigenvalue weighted by atomic mass is 127. The van der Waals surface area contributed by atoms with Crippen molar-refractivity contribution >= 4 is 44.3 Å². The minimum atomic E-state index is -0.108. The number of aryl methyl sites for hydroxylation is 1. The first-order chi connectivity index (χ1) is 6.56. The fraction of sp³-hybridized carbons (Fsp3) is 0.364. The van der Waals surface area contributed by atoms with Gasteiger partial charge in [0.15, 0.2) is 5.78 Å². The number of hydrogen-bond acceptors (Lipinski definition) is 1. The van der Waals surface area contributed by atoms with Gasteiger partial charge in [0.25, 0.3) is 0 Å². The van der Waals surface area contributed by atoms with E-state index < -0.39 is 0 Å². The van der Waals surface area contributed by atoms with Crippen molar-refractivity contribution in [2.24, 2.45) is 0 Å². The average molecular weight is 367 g/mol. The number of halogens is 2. The number of carbonyl (C=O) groups excluding carboxylic acids is 1. The Balaban J connectivity index is 3.12. The summed E-state index contributed by atoms with van der Waals surface area (Å²) in [7, 11) is 0. The zero-order chi connectivity index (χ0) is 10.7. The van der Waals surface area contributed by atoms with E-state index in [1.807, 2.05) is 19.1 Å². The normalized spacial score (nSPS) is 12.6. The highest BCUT2D eigenvalue weighted by Crippen LogP contribution is 2.18. The first-order valence-electron chi connectivity index (χ1n) is 4.53. The average Bonchev–Trinajstić information content (AvgIpc) is 2.17. The van der Waals surface area contributed by atoms with Crippen LogP contribution in [0.15, 0.2) is 18.2 Å². The zero-order valence-electron chi connectivity index (χ0n) is 8.18. The van der Waals surface area contributed by atoms with E-state index in [-0.39, 0.29) is 10.6 Å². The molecule has 0 saturated heterocycles. The van der Waals surface area contributed by atoms with E-state index in [2.05, 4.69) is 51.5 Å². The van der Waals surface area contributed by atoms with Crippen LogP contribution in [-0.4, -0.2) is 10.6 Å². The van der Waals surface area contributed by atoms with Gasteiger partial charge in [-0.3, -0.25) is 4.79 Å². The number of rotatable bonds is 3. The monoisotopic (exact) mass is 366 g/mol. The molecule has 1 nitrogen and oxygen atoms in total. The van der Waals surface area contributed by atoms with Crippen LogP contribution in [0, 0.1) is 3.57 Å². The Bertz CT molecular complexity index is 347. The lowest BCUT2D eigenvalue weighted by molar-refractivity contribution is 0.0995. The molecular weight excluding hydrogens is 355 g/mol. The molecule has 1 aromatic carbocycles. The molecule has 14 heavy (non-hydrogen) atoms. The predicted octanol–water partition coefficient (Wildman–Crippen LogP) is 3.82. The van der Waals surface area contributed by atoms with E-state index in [0.717, 1.165) is 15.6 Å². The van der Waals surface area contributed by atoms with Crippen LogP contribution in [0.2, 0.25) is 0 Å². The van der Waals surface area contributed by atoms with Crippen LogP contribution in [0.4, 0.5) is 0 Å². The second-order valence-electron chi connectivity index (χ2n) is 3.15. The lowest BCUT2D eigenvalue weighted by atomic mass is 10.0. The van der Waals surface area contributed by atoms with Crippen LogP contribution in [-0.2, 0) is 6.42 Å². The molecule has 1 atom stereocenters. The Kier molecular flexibility index (Phi) is 4.57. The van der Waals surface area contributed by atoms with Crippen molar-refractivity contribution in [1.29, 1.82) is 0 Å². The SMILES string of the molecule is CCc1ccc(I)c(C(=O)C(C)Br)c1. The van der Waals surface area contributed by atoms with Gasteiger partial charge >= 0.3 is 0 Å². The van der Waals surface area contributed by atoms with Gasteiger partial charge in [0.1, 0.15) is 0 Å². The maximum absolute atomic E-state index is 11.8. The summed E-state index contributed by atoms with van der Waals surface area (Å²) in [6.45, 7) is 3.95. The number of hydrogen-bond donors (Lipinski definition) is 0. The molecule has 76 valence electrons. The second-order valence-corrected chi connectivity index (χ2v) is 5.68. The Morgan fingerprint density at radius 2 is 2.21 bits per heavy atom. The standard InChI is InChI=1S/C11H12BrIO/c1-3-8-4-5-10(13)9(6-8)11(14)7(2)12/h4-7H,3H2,1-2H3. The summed E-state index contributed by atoms with van der Waals surface area (Å²) >= 11 is 5.50. The Morgan fingerprint density at radius 3 is 2.71 bits per heavy atom. The van der Waals surface area contributed by atoms with Gasteiger partial charge in [0.2, 0.25) is 0 Å². The van der Waals surface area contributed by atoms with Gasteiger partial charge in [-0.15, -0.1) is 0 Å². The maximum Gasteiger partial charge on any atom is 0.177 e. The van der Waals surface area contributed by atoms with Gasteiger partial charge in [-0.25, -0.2) is 0 Å². The molecule has 0 heterocycles. The third kappa shape index (κ3) is 2.79. The quantitative estimate of drug-likeness (QED) is 0.451. The summed E-state index contributed by atoms with van der Waals surface area (Å²) in [5.74, 6) is 0.157. The molecule has 0 saturated carbocycles. The van der Waals surface area contributed by atoms with Crippen molar-refractivity contribution in [2.45, 2.75) is 25.1 Å². The summed E-state index contributed by atoms with van der Waals surface area (Å²) in [6, 6.07) is 6.06. The first kappa shape index (κ1) is 12.2. The minimum absolute atomic E-state index is 0.108. The van der Waals surface area contributed by atoms with Gasteiger partial charge in [-0.2, -0.15) is 0 Å². The second kappa shape index (κ2) is 5.26. The molecule has 0 bridgehead atoms. The molecule has 1 rings (SSSR count). The number of benzene rings is 1. The lowest BCUT2D eigenvalue weighted by Crippen LogP contribution is -2.12. The zero-order valence-corrected chi connectivity index (χ0v) is 11.9. The van der Waals surface area contributed by atoms with Gasteiger partial charge in [-0.05, 0) is 53.6 Å².